The monoisotopic (exact) mass is 271 g/mol. The number of methoxy groups -OCH3 is 1. The van der Waals surface area contributed by atoms with Gasteiger partial charge in [-0.1, -0.05) is 30.3 Å². The van der Waals surface area contributed by atoms with Crippen LogP contribution in [0.1, 0.15) is 24.2 Å². The lowest BCUT2D eigenvalue weighted by molar-refractivity contribution is 0.224. The Balaban J connectivity index is 2.19. The van der Waals surface area contributed by atoms with Gasteiger partial charge >= 0.3 is 0 Å². The lowest BCUT2D eigenvalue weighted by atomic mass is 10.1. The van der Waals surface area contributed by atoms with Gasteiger partial charge in [0.1, 0.15) is 17.6 Å². The summed E-state index contributed by atoms with van der Waals surface area (Å²) in [6.07, 6.45) is 0.773. The molecule has 0 aliphatic rings. The van der Waals surface area contributed by atoms with Crippen molar-refractivity contribution in [1.82, 2.24) is 0 Å². The molecule has 0 heterocycles. The minimum absolute atomic E-state index is 0.00104. The molecule has 0 spiro atoms. The first-order valence-electron chi connectivity index (χ1n) is 6.83. The van der Waals surface area contributed by atoms with Gasteiger partial charge in [-0.05, 0) is 49.2 Å². The first-order chi connectivity index (χ1) is 9.74. The summed E-state index contributed by atoms with van der Waals surface area (Å²) in [6.45, 7) is 2.63. The van der Waals surface area contributed by atoms with E-state index in [0.717, 1.165) is 29.0 Å². The fourth-order valence-corrected chi connectivity index (χ4v) is 2.13. The van der Waals surface area contributed by atoms with E-state index in [-0.39, 0.29) is 6.10 Å². The molecule has 0 bridgehead atoms. The van der Waals surface area contributed by atoms with Crippen LogP contribution in [0, 0.1) is 0 Å². The molecule has 0 aromatic heterocycles. The first-order valence-corrected chi connectivity index (χ1v) is 6.83. The maximum Gasteiger partial charge on any atom is 0.123 e. The summed E-state index contributed by atoms with van der Waals surface area (Å²) in [5.41, 5.74) is 7.90. The predicted octanol–water partition coefficient (Wildman–Crippen LogP) is 3.34. The number of benzene rings is 2. The van der Waals surface area contributed by atoms with Crippen molar-refractivity contribution in [1.29, 1.82) is 0 Å². The van der Waals surface area contributed by atoms with Crippen molar-refractivity contribution < 1.29 is 9.47 Å². The van der Waals surface area contributed by atoms with Gasteiger partial charge in [-0.2, -0.15) is 0 Å². The lowest BCUT2D eigenvalue weighted by Gasteiger charge is -2.18. The van der Waals surface area contributed by atoms with Crippen molar-refractivity contribution in [2.45, 2.75) is 19.4 Å². The van der Waals surface area contributed by atoms with Crippen LogP contribution in [0.5, 0.6) is 11.5 Å². The molecule has 20 heavy (non-hydrogen) atoms. The number of ether oxygens (including phenoxy) is 2. The van der Waals surface area contributed by atoms with Gasteiger partial charge < -0.3 is 15.2 Å². The fourth-order valence-electron chi connectivity index (χ4n) is 2.13. The molecular formula is C17H21NO2. The third kappa shape index (κ3) is 3.52. The van der Waals surface area contributed by atoms with Crippen molar-refractivity contribution in [2.24, 2.45) is 5.73 Å². The first kappa shape index (κ1) is 14.4. The normalized spacial score (nSPS) is 11.9. The largest absolute Gasteiger partial charge is 0.497 e. The topological polar surface area (TPSA) is 44.5 Å². The zero-order valence-corrected chi connectivity index (χ0v) is 12.0. The highest BCUT2D eigenvalue weighted by Crippen LogP contribution is 2.28. The number of hydrogen-bond acceptors (Lipinski definition) is 3. The van der Waals surface area contributed by atoms with E-state index >= 15 is 0 Å². The molecule has 0 radical (unpaired) electrons. The highest BCUT2D eigenvalue weighted by molar-refractivity contribution is 5.41. The molecule has 106 valence electrons. The minimum atomic E-state index is 0.00104. The van der Waals surface area contributed by atoms with Crippen molar-refractivity contribution in [3.63, 3.8) is 0 Å². The number of hydrogen-bond donors (Lipinski definition) is 1. The van der Waals surface area contributed by atoms with Crippen LogP contribution in [0.3, 0.4) is 0 Å². The second-order valence-electron chi connectivity index (χ2n) is 4.68. The van der Waals surface area contributed by atoms with E-state index in [4.69, 9.17) is 15.2 Å². The van der Waals surface area contributed by atoms with Crippen LogP contribution >= 0.6 is 0 Å². The molecule has 2 aromatic carbocycles. The van der Waals surface area contributed by atoms with E-state index in [1.165, 1.54) is 0 Å². The average Bonchev–Trinajstić information content (AvgIpc) is 2.50. The Kier molecular flexibility index (Phi) is 5.02. The van der Waals surface area contributed by atoms with Gasteiger partial charge in [-0.15, -0.1) is 0 Å². The van der Waals surface area contributed by atoms with Crippen molar-refractivity contribution in [3.8, 4) is 11.5 Å². The van der Waals surface area contributed by atoms with Crippen LogP contribution in [-0.4, -0.2) is 13.7 Å². The molecule has 0 amide bonds. The maximum atomic E-state index is 6.07. The molecule has 1 atom stereocenters. The van der Waals surface area contributed by atoms with E-state index in [1.807, 2.05) is 43.3 Å². The summed E-state index contributed by atoms with van der Waals surface area (Å²) in [4.78, 5) is 0. The Labute approximate surface area is 120 Å². The van der Waals surface area contributed by atoms with Crippen molar-refractivity contribution in [3.05, 3.63) is 59.7 Å². The van der Waals surface area contributed by atoms with Gasteiger partial charge in [0.05, 0.1) is 7.11 Å². The smallest absolute Gasteiger partial charge is 0.123 e. The molecule has 0 saturated carbocycles. The van der Waals surface area contributed by atoms with E-state index in [9.17, 15) is 0 Å². The second kappa shape index (κ2) is 6.96. The van der Waals surface area contributed by atoms with Gasteiger partial charge in [0.25, 0.3) is 0 Å². The SMILES string of the molecule is COc1ccc(OC(C)c2ccccc2)c(CCN)c1. The third-order valence-corrected chi connectivity index (χ3v) is 3.25. The zero-order chi connectivity index (χ0) is 14.4. The summed E-state index contributed by atoms with van der Waals surface area (Å²) >= 11 is 0. The van der Waals surface area contributed by atoms with Gasteiger partial charge in [0, 0.05) is 0 Å². The molecule has 2 N–H and O–H groups in total. The van der Waals surface area contributed by atoms with Crippen molar-refractivity contribution >= 4 is 0 Å². The minimum Gasteiger partial charge on any atom is -0.497 e. The Bertz CT molecular complexity index is 540. The molecule has 0 saturated heterocycles. The number of rotatable bonds is 6. The fraction of sp³-hybridized carbons (Fsp3) is 0.294. The number of nitrogens with two attached hydrogens (primary N) is 1. The summed E-state index contributed by atoms with van der Waals surface area (Å²) in [5.74, 6) is 1.70. The molecule has 2 aromatic rings. The molecule has 3 nitrogen and oxygen atoms in total. The molecule has 0 aliphatic carbocycles. The van der Waals surface area contributed by atoms with E-state index in [1.54, 1.807) is 7.11 Å². The Morgan fingerprint density at radius 3 is 2.50 bits per heavy atom. The quantitative estimate of drug-likeness (QED) is 0.876. The lowest BCUT2D eigenvalue weighted by Crippen LogP contribution is -2.08. The maximum absolute atomic E-state index is 6.07. The second-order valence-corrected chi connectivity index (χ2v) is 4.68. The van der Waals surface area contributed by atoms with E-state index in [0.29, 0.717) is 6.54 Å². The molecule has 3 heteroatoms. The molecule has 0 aliphatic heterocycles. The zero-order valence-electron chi connectivity index (χ0n) is 12.0. The molecular weight excluding hydrogens is 250 g/mol. The summed E-state index contributed by atoms with van der Waals surface area (Å²) in [7, 11) is 1.66. The highest BCUT2D eigenvalue weighted by Gasteiger charge is 2.11. The Morgan fingerprint density at radius 1 is 1.10 bits per heavy atom. The molecule has 1 unspecified atom stereocenters. The summed E-state index contributed by atoms with van der Waals surface area (Å²) in [5, 5.41) is 0. The van der Waals surface area contributed by atoms with Crippen LogP contribution in [0.4, 0.5) is 0 Å². The highest BCUT2D eigenvalue weighted by atomic mass is 16.5. The van der Waals surface area contributed by atoms with Gasteiger partial charge in [0.2, 0.25) is 0 Å². The van der Waals surface area contributed by atoms with Gasteiger partial charge in [0.15, 0.2) is 0 Å². The molecule has 2 rings (SSSR count). The molecule has 0 fully saturated rings. The van der Waals surface area contributed by atoms with Gasteiger partial charge in [-0.25, -0.2) is 0 Å². The summed E-state index contributed by atoms with van der Waals surface area (Å²) < 4.78 is 11.3. The predicted molar refractivity (Wildman–Crippen MR) is 81.2 cm³/mol. The van der Waals surface area contributed by atoms with Crippen LogP contribution in [-0.2, 0) is 6.42 Å². The Hall–Kier alpha value is -2.00. The Morgan fingerprint density at radius 2 is 1.85 bits per heavy atom. The van der Waals surface area contributed by atoms with Gasteiger partial charge in [-0.3, -0.25) is 0 Å². The van der Waals surface area contributed by atoms with Crippen LogP contribution in [0.25, 0.3) is 0 Å². The van der Waals surface area contributed by atoms with Crippen LogP contribution in [0.15, 0.2) is 48.5 Å². The average molecular weight is 271 g/mol. The third-order valence-electron chi connectivity index (χ3n) is 3.25. The standard InChI is InChI=1S/C17H21NO2/c1-13(14-6-4-3-5-7-14)20-17-9-8-16(19-2)12-15(17)10-11-18/h3-9,12-13H,10-11,18H2,1-2H3. The van der Waals surface area contributed by atoms with E-state index in [2.05, 4.69) is 12.1 Å². The van der Waals surface area contributed by atoms with Crippen LogP contribution in [0.2, 0.25) is 0 Å². The van der Waals surface area contributed by atoms with Crippen molar-refractivity contribution in [2.75, 3.05) is 13.7 Å². The summed E-state index contributed by atoms with van der Waals surface area (Å²) in [6, 6.07) is 16.0. The van der Waals surface area contributed by atoms with Crippen LogP contribution < -0.4 is 15.2 Å². The van der Waals surface area contributed by atoms with E-state index < -0.39 is 0 Å².